The van der Waals surface area contributed by atoms with Gasteiger partial charge in [-0.2, -0.15) is 0 Å². The minimum absolute atomic E-state index is 0.0216. The predicted octanol–water partition coefficient (Wildman–Crippen LogP) is 3.29. The second kappa shape index (κ2) is 7.25. The van der Waals surface area contributed by atoms with Crippen LogP contribution in [0.3, 0.4) is 0 Å². The molecule has 2 aromatic rings. The molecule has 0 unspecified atom stereocenters. The van der Waals surface area contributed by atoms with Gasteiger partial charge in [-0.25, -0.2) is 4.98 Å². The molecule has 0 radical (unpaired) electrons. The molecule has 1 amide bonds. The van der Waals surface area contributed by atoms with E-state index in [1.165, 1.54) is 10.9 Å². The van der Waals surface area contributed by atoms with Crippen molar-refractivity contribution in [1.82, 2.24) is 10.3 Å². The van der Waals surface area contributed by atoms with Gasteiger partial charge in [0.1, 0.15) is 5.82 Å². The quantitative estimate of drug-likeness (QED) is 0.805. The first kappa shape index (κ1) is 16.3. The van der Waals surface area contributed by atoms with Crippen LogP contribution in [0.5, 0.6) is 0 Å². The Bertz CT molecular complexity index is 665. The van der Waals surface area contributed by atoms with E-state index in [0.717, 1.165) is 23.3 Å². The van der Waals surface area contributed by atoms with E-state index in [9.17, 15) is 4.79 Å². The van der Waals surface area contributed by atoms with E-state index in [-0.39, 0.29) is 11.8 Å². The first-order chi connectivity index (χ1) is 10.5. The van der Waals surface area contributed by atoms with Crippen LogP contribution in [0.4, 0.5) is 5.82 Å². The number of amides is 1. The van der Waals surface area contributed by atoms with E-state index in [1.807, 2.05) is 13.8 Å². The molecule has 4 heteroatoms. The highest BCUT2D eigenvalue weighted by atomic mass is 16.1. The molecule has 0 atom stereocenters. The maximum absolute atomic E-state index is 11.5. The van der Waals surface area contributed by atoms with Gasteiger partial charge in [-0.3, -0.25) is 4.79 Å². The molecule has 2 N–H and O–H groups in total. The van der Waals surface area contributed by atoms with Gasteiger partial charge in [0.2, 0.25) is 5.91 Å². The fraction of sp³-hybridized carbons (Fsp3) is 0.444. The maximum Gasteiger partial charge on any atom is 0.222 e. The van der Waals surface area contributed by atoms with Gasteiger partial charge in [0.25, 0.3) is 0 Å². The molecule has 1 heterocycles. The molecular weight excluding hydrogens is 274 g/mol. The lowest BCUT2D eigenvalue weighted by atomic mass is 10.1. The summed E-state index contributed by atoms with van der Waals surface area (Å²) in [6, 6.07) is 8.55. The van der Waals surface area contributed by atoms with Crippen molar-refractivity contribution in [3.05, 3.63) is 35.4 Å². The van der Waals surface area contributed by atoms with Gasteiger partial charge in [0, 0.05) is 24.4 Å². The number of carbonyl (C=O) groups excluding carboxylic acids is 1. The Labute approximate surface area is 132 Å². The third-order valence-corrected chi connectivity index (χ3v) is 3.72. The molecule has 0 spiro atoms. The molecule has 0 aliphatic rings. The number of aromatic nitrogens is 1. The summed E-state index contributed by atoms with van der Waals surface area (Å²) in [6.45, 7) is 9.27. The number of carbonyl (C=O) groups is 1. The van der Waals surface area contributed by atoms with Gasteiger partial charge in [-0.15, -0.1) is 0 Å². The Balaban J connectivity index is 2.02. The number of pyridine rings is 1. The molecule has 1 aromatic carbocycles. The van der Waals surface area contributed by atoms with E-state index < -0.39 is 0 Å². The average Bonchev–Trinajstić information content (AvgIpc) is 2.50. The van der Waals surface area contributed by atoms with Crippen molar-refractivity contribution in [2.24, 2.45) is 5.92 Å². The largest absolute Gasteiger partial charge is 0.368 e. The molecule has 0 fully saturated rings. The molecule has 4 nitrogen and oxygen atoms in total. The Morgan fingerprint density at radius 3 is 2.68 bits per heavy atom. The third-order valence-electron chi connectivity index (χ3n) is 3.72. The number of anilines is 1. The minimum atomic E-state index is 0.0216. The molecule has 2 rings (SSSR count). The van der Waals surface area contributed by atoms with Crippen LogP contribution in [0.2, 0.25) is 0 Å². The average molecular weight is 299 g/mol. The van der Waals surface area contributed by atoms with E-state index in [1.54, 1.807) is 0 Å². The summed E-state index contributed by atoms with van der Waals surface area (Å²) in [4.78, 5) is 16.2. The first-order valence-corrected chi connectivity index (χ1v) is 7.93. The molecule has 0 saturated heterocycles. The molecule has 0 aliphatic heterocycles. The lowest BCUT2D eigenvalue weighted by Gasteiger charge is -2.12. The van der Waals surface area contributed by atoms with Crippen molar-refractivity contribution >= 4 is 22.6 Å². The number of nitrogens with one attached hydrogen (secondary N) is 2. The van der Waals surface area contributed by atoms with E-state index in [2.05, 4.69) is 53.7 Å². The predicted molar refractivity (Wildman–Crippen MR) is 92.2 cm³/mol. The van der Waals surface area contributed by atoms with E-state index in [0.29, 0.717) is 13.1 Å². The van der Waals surface area contributed by atoms with Crippen molar-refractivity contribution in [3.8, 4) is 0 Å². The number of hydrogen-bond donors (Lipinski definition) is 2. The van der Waals surface area contributed by atoms with Gasteiger partial charge < -0.3 is 10.6 Å². The van der Waals surface area contributed by atoms with Crippen LogP contribution in [0.15, 0.2) is 24.3 Å². The van der Waals surface area contributed by atoms with Crippen LogP contribution in [-0.4, -0.2) is 24.0 Å². The smallest absolute Gasteiger partial charge is 0.222 e. The second-order valence-corrected chi connectivity index (χ2v) is 5.91. The van der Waals surface area contributed by atoms with Crippen LogP contribution in [-0.2, 0) is 11.2 Å². The lowest BCUT2D eigenvalue weighted by molar-refractivity contribution is -0.123. The van der Waals surface area contributed by atoms with Gasteiger partial charge in [-0.1, -0.05) is 26.8 Å². The fourth-order valence-electron chi connectivity index (χ4n) is 2.30. The summed E-state index contributed by atoms with van der Waals surface area (Å²) in [5.41, 5.74) is 3.44. The van der Waals surface area contributed by atoms with Crippen LogP contribution in [0.1, 0.15) is 31.9 Å². The number of hydrogen-bond acceptors (Lipinski definition) is 3. The molecule has 1 aromatic heterocycles. The summed E-state index contributed by atoms with van der Waals surface area (Å²) < 4.78 is 0. The normalized spacial score (nSPS) is 11.0. The van der Waals surface area contributed by atoms with Crippen molar-refractivity contribution in [3.63, 3.8) is 0 Å². The SMILES string of the molecule is CCc1ccc2nc(NCCNC(=O)C(C)C)c(C)cc2c1. The van der Waals surface area contributed by atoms with Crippen molar-refractivity contribution in [2.45, 2.75) is 34.1 Å². The third kappa shape index (κ3) is 3.97. The first-order valence-electron chi connectivity index (χ1n) is 7.93. The van der Waals surface area contributed by atoms with Crippen molar-refractivity contribution < 1.29 is 4.79 Å². The lowest BCUT2D eigenvalue weighted by Crippen LogP contribution is -2.32. The topological polar surface area (TPSA) is 54.0 Å². The van der Waals surface area contributed by atoms with Crippen LogP contribution in [0, 0.1) is 12.8 Å². The number of aryl methyl sites for hydroxylation is 2. The zero-order chi connectivity index (χ0) is 16.1. The minimum Gasteiger partial charge on any atom is -0.368 e. The number of fused-ring (bicyclic) bond motifs is 1. The molecule has 0 bridgehead atoms. The van der Waals surface area contributed by atoms with Gasteiger partial charge in [0.15, 0.2) is 0 Å². The zero-order valence-corrected chi connectivity index (χ0v) is 13.9. The second-order valence-electron chi connectivity index (χ2n) is 5.91. The molecule has 22 heavy (non-hydrogen) atoms. The highest BCUT2D eigenvalue weighted by Crippen LogP contribution is 2.21. The highest BCUT2D eigenvalue weighted by Gasteiger charge is 2.06. The number of benzene rings is 1. The van der Waals surface area contributed by atoms with Crippen LogP contribution < -0.4 is 10.6 Å². The Morgan fingerprint density at radius 2 is 2.00 bits per heavy atom. The summed E-state index contributed by atoms with van der Waals surface area (Å²) in [7, 11) is 0. The molecular formula is C18H25N3O. The van der Waals surface area contributed by atoms with Crippen molar-refractivity contribution in [1.29, 1.82) is 0 Å². The molecule has 118 valence electrons. The Hall–Kier alpha value is -2.10. The number of nitrogens with zero attached hydrogens (tertiary/aromatic N) is 1. The summed E-state index contributed by atoms with van der Waals surface area (Å²) in [6.07, 6.45) is 1.03. The highest BCUT2D eigenvalue weighted by molar-refractivity contribution is 5.82. The van der Waals surface area contributed by atoms with Crippen molar-refractivity contribution in [2.75, 3.05) is 18.4 Å². The van der Waals surface area contributed by atoms with E-state index >= 15 is 0 Å². The Kier molecular flexibility index (Phi) is 5.36. The van der Waals surface area contributed by atoms with Crippen LogP contribution >= 0.6 is 0 Å². The van der Waals surface area contributed by atoms with Gasteiger partial charge >= 0.3 is 0 Å². The summed E-state index contributed by atoms with van der Waals surface area (Å²) in [5, 5.41) is 7.37. The molecule has 0 saturated carbocycles. The maximum atomic E-state index is 11.5. The van der Waals surface area contributed by atoms with Crippen LogP contribution in [0.25, 0.3) is 10.9 Å². The fourth-order valence-corrected chi connectivity index (χ4v) is 2.30. The van der Waals surface area contributed by atoms with Gasteiger partial charge in [-0.05, 0) is 42.7 Å². The monoisotopic (exact) mass is 299 g/mol. The Morgan fingerprint density at radius 1 is 1.23 bits per heavy atom. The molecule has 0 aliphatic carbocycles. The zero-order valence-electron chi connectivity index (χ0n) is 13.9. The van der Waals surface area contributed by atoms with Gasteiger partial charge in [0.05, 0.1) is 5.52 Å². The summed E-state index contributed by atoms with van der Waals surface area (Å²) >= 11 is 0. The standard InChI is InChI=1S/C18H25N3O/c1-5-14-6-7-16-15(11-14)10-13(4)17(21-16)19-8-9-20-18(22)12(2)3/h6-7,10-12H,5,8-9H2,1-4H3,(H,19,21)(H,20,22). The number of rotatable bonds is 6. The van der Waals surface area contributed by atoms with E-state index in [4.69, 9.17) is 0 Å². The summed E-state index contributed by atoms with van der Waals surface area (Å²) in [5.74, 6) is 0.987.